The Balaban J connectivity index is 1.37. The van der Waals surface area contributed by atoms with Crippen molar-refractivity contribution in [1.29, 1.82) is 0 Å². The first kappa shape index (κ1) is 19.2. The molecule has 0 bridgehead atoms. The van der Waals surface area contributed by atoms with E-state index < -0.39 is 0 Å². The van der Waals surface area contributed by atoms with Gasteiger partial charge in [-0.25, -0.2) is 0 Å². The molecule has 2 aromatic carbocycles. The normalized spacial score (nSPS) is 14.8. The van der Waals surface area contributed by atoms with E-state index >= 15 is 0 Å². The van der Waals surface area contributed by atoms with Crippen molar-refractivity contribution in [2.45, 2.75) is 32.6 Å². The van der Waals surface area contributed by atoms with E-state index in [2.05, 4.69) is 29.6 Å². The fourth-order valence-electron chi connectivity index (χ4n) is 3.66. The molecular weight excluding hydrogens is 336 g/mol. The molecule has 0 unspecified atom stereocenters. The van der Waals surface area contributed by atoms with Crippen LogP contribution in [0.2, 0.25) is 0 Å². The Labute approximate surface area is 161 Å². The fraction of sp³-hybridized carbons (Fsp3) is 0.391. The standard InChI is InChI=1S/C23H28N2O2/c1-18-6-5-9-21(16-18)23(27)24-13-10-22(26)25-14-11-20(12-15-25)17-19-7-3-2-4-8-19/h2-9,16,20H,10-15,17H2,1H3,(H,24,27). The molecule has 0 spiro atoms. The maximum Gasteiger partial charge on any atom is 0.251 e. The second kappa shape index (κ2) is 9.36. The van der Waals surface area contributed by atoms with Gasteiger partial charge in [-0.1, -0.05) is 48.0 Å². The lowest BCUT2D eigenvalue weighted by atomic mass is 9.90. The lowest BCUT2D eigenvalue weighted by molar-refractivity contribution is -0.132. The number of aryl methyl sites for hydroxylation is 1. The van der Waals surface area contributed by atoms with Gasteiger partial charge in [0.2, 0.25) is 5.91 Å². The number of rotatable bonds is 6. The molecule has 2 amide bonds. The first-order valence-electron chi connectivity index (χ1n) is 9.78. The topological polar surface area (TPSA) is 49.4 Å². The van der Waals surface area contributed by atoms with Gasteiger partial charge in [0.25, 0.3) is 5.91 Å². The van der Waals surface area contributed by atoms with Crippen LogP contribution >= 0.6 is 0 Å². The highest BCUT2D eigenvalue weighted by molar-refractivity contribution is 5.94. The van der Waals surface area contributed by atoms with E-state index in [1.54, 1.807) is 6.07 Å². The monoisotopic (exact) mass is 364 g/mol. The highest BCUT2D eigenvalue weighted by atomic mass is 16.2. The molecule has 0 saturated carbocycles. The Kier molecular flexibility index (Phi) is 6.64. The minimum absolute atomic E-state index is 0.118. The molecule has 1 heterocycles. The quantitative estimate of drug-likeness (QED) is 0.851. The van der Waals surface area contributed by atoms with Crippen LogP contribution in [0.4, 0.5) is 0 Å². The number of benzene rings is 2. The molecule has 0 aromatic heterocycles. The van der Waals surface area contributed by atoms with Crippen LogP contribution in [-0.4, -0.2) is 36.3 Å². The fourth-order valence-corrected chi connectivity index (χ4v) is 3.66. The van der Waals surface area contributed by atoms with Crippen molar-refractivity contribution in [3.05, 3.63) is 71.3 Å². The van der Waals surface area contributed by atoms with Crippen LogP contribution in [0.25, 0.3) is 0 Å². The summed E-state index contributed by atoms with van der Waals surface area (Å²) in [6.07, 6.45) is 3.56. The number of nitrogens with one attached hydrogen (secondary N) is 1. The summed E-state index contributed by atoms with van der Waals surface area (Å²) in [6, 6.07) is 18.0. The smallest absolute Gasteiger partial charge is 0.251 e. The zero-order valence-corrected chi connectivity index (χ0v) is 16.0. The summed E-state index contributed by atoms with van der Waals surface area (Å²) in [5.41, 5.74) is 3.07. The number of piperidine rings is 1. The van der Waals surface area contributed by atoms with Crippen LogP contribution in [0.15, 0.2) is 54.6 Å². The van der Waals surface area contributed by atoms with Gasteiger partial charge in [0.1, 0.15) is 0 Å². The minimum Gasteiger partial charge on any atom is -0.352 e. The van der Waals surface area contributed by atoms with E-state index in [0.717, 1.165) is 37.9 Å². The highest BCUT2D eigenvalue weighted by Gasteiger charge is 2.22. The summed E-state index contributed by atoms with van der Waals surface area (Å²) in [5, 5.41) is 2.85. The summed E-state index contributed by atoms with van der Waals surface area (Å²) in [7, 11) is 0. The number of hydrogen-bond donors (Lipinski definition) is 1. The van der Waals surface area contributed by atoms with Crippen LogP contribution in [0.3, 0.4) is 0 Å². The largest absolute Gasteiger partial charge is 0.352 e. The Morgan fingerprint density at radius 2 is 1.78 bits per heavy atom. The predicted octanol–water partition coefficient (Wildman–Crippen LogP) is 3.60. The molecule has 1 aliphatic rings. The van der Waals surface area contributed by atoms with Crippen LogP contribution in [0.1, 0.15) is 40.7 Å². The third-order valence-corrected chi connectivity index (χ3v) is 5.24. The van der Waals surface area contributed by atoms with E-state index in [9.17, 15) is 9.59 Å². The molecule has 1 fully saturated rings. The van der Waals surface area contributed by atoms with Crippen molar-refractivity contribution in [3.8, 4) is 0 Å². The molecule has 0 atom stereocenters. The molecule has 0 radical (unpaired) electrons. The molecular formula is C23H28N2O2. The molecule has 27 heavy (non-hydrogen) atoms. The molecule has 142 valence electrons. The third-order valence-electron chi connectivity index (χ3n) is 5.24. The average Bonchev–Trinajstić information content (AvgIpc) is 2.69. The van der Waals surface area contributed by atoms with Gasteiger partial charge in [-0.15, -0.1) is 0 Å². The Morgan fingerprint density at radius 3 is 2.48 bits per heavy atom. The Hall–Kier alpha value is -2.62. The van der Waals surface area contributed by atoms with Gasteiger partial charge in [0.15, 0.2) is 0 Å². The summed E-state index contributed by atoms with van der Waals surface area (Å²) in [6.45, 7) is 3.99. The lowest BCUT2D eigenvalue weighted by Gasteiger charge is -2.32. The van der Waals surface area contributed by atoms with Crippen molar-refractivity contribution in [3.63, 3.8) is 0 Å². The van der Waals surface area contributed by atoms with Crippen LogP contribution in [-0.2, 0) is 11.2 Å². The molecule has 1 aliphatic heterocycles. The number of likely N-dealkylation sites (tertiary alicyclic amines) is 1. The molecule has 4 heteroatoms. The summed E-state index contributed by atoms with van der Waals surface area (Å²) < 4.78 is 0. The number of carbonyl (C=O) groups excluding carboxylic acids is 2. The van der Waals surface area contributed by atoms with E-state index in [1.807, 2.05) is 36.1 Å². The number of carbonyl (C=O) groups is 2. The van der Waals surface area contributed by atoms with E-state index in [4.69, 9.17) is 0 Å². The summed E-state index contributed by atoms with van der Waals surface area (Å²) in [4.78, 5) is 26.5. The zero-order chi connectivity index (χ0) is 19.1. The van der Waals surface area contributed by atoms with Crippen molar-refractivity contribution in [2.75, 3.05) is 19.6 Å². The van der Waals surface area contributed by atoms with Crippen molar-refractivity contribution in [2.24, 2.45) is 5.92 Å². The Bertz CT molecular complexity index is 765. The summed E-state index contributed by atoms with van der Waals surface area (Å²) >= 11 is 0. The minimum atomic E-state index is -0.118. The van der Waals surface area contributed by atoms with Crippen LogP contribution < -0.4 is 5.32 Å². The third kappa shape index (κ3) is 5.68. The van der Waals surface area contributed by atoms with Gasteiger partial charge >= 0.3 is 0 Å². The number of nitrogens with zero attached hydrogens (tertiary/aromatic N) is 1. The predicted molar refractivity (Wildman–Crippen MR) is 108 cm³/mol. The van der Waals surface area contributed by atoms with Gasteiger partial charge in [-0.3, -0.25) is 9.59 Å². The van der Waals surface area contributed by atoms with E-state index in [-0.39, 0.29) is 11.8 Å². The molecule has 3 rings (SSSR count). The summed E-state index contributed by atoms with van der Waals surface area (Å²) in [5.74, 6) is 0.670. The highest BCUT2D eigenvalue weighted by Crippen LogP contribution is 2.22. The molecule has 2 aromatic rings. The molecule has 4 nitrogen and oxygen atoms in total. The van der Waals surface area contributed by atoms with Gasteiger partial charge < -0.3 is 10.2 Å². The van der Waals surface area contributed by atoms with Gasteiger partial charge in [-0.05, 0) is 49.8 Å². The average molecular weight is 364 g/mol. The van der Waals surface area contributed by atoms with Crippen molar-refractivity contribution in [1.82, 2.24) is 10.2 Å². The number of amides is 2. The van der Waals surface area contributed by atoms with Gasteiger partial charge in [-0.2, -0.15) is 0 Å². The van der Waals surface area contributed by atoms with Crippen LogP contribution in [0, 0.1) is 12.8 Å². The second-order valence-electron chi connectivity index (χ2n) is 7.39. The Morgan fingerprint density at radius 1 is 1.04 bits per heavy atom. The van der Waals surface area contributed by atoms with E-state index in [0.29, 0.717) is 24.4 Å². The molecule has 1 saturated heterocycles. The number of hydrogen-bond acceptors (Lipinski definition) is 2. The maximum atomic E-state index is 12.4. The maximum absolute atomic E-state index is 12.4. The van der Waals surface area contributed by atoms with Gasteiger partial charge in [0, 0.05) is 31.6 Å². The first-order valence-corrected chi connectivity index (χ1v) is 9.78. The van der Waals surface area contributed by atoms with Crippen molar-refractivity contribution >= 4 is 11.8 Å². The molecule has 1 N–H and O–H groups in total. The zero-order valence-electron chi connectivity index (χ0n) is 16.0. The van der Waals surface area contributed by atoms with E-state index in [1.165, 1.54) is 5.56 Å². The SMILES string of the molecule is Cc1cccc(C(=O)NCCC(=O)N2CCC(Cc3ccccc3)CC2)c1. The van der Waals surface area contributed by atoms with Crippen molar-refractivity contribution < 1.29 is 9.59 Å². The molecule has 0 aliphatic carbocycles. The van der Waals surface area contributed by atoms with Crippen LogP contribution in [0.5, 0.6) is 0 Å². The lowest BCUT2D eigenvalue weighted by Crippen LogP contribution is -2.40. The van der Waals surface area contributed by atoms with Gasteiger partial charge in [0.05, 0.1) is 0 Å². The second-order valence-corrected chi connectivity index (χ2v) is 7.39. The first-order chi connectivity index (χ1) is 13.1.